The van der Waals surface area contributed by atoms with Crippen molar-refractivity contribution >= 4 is 0 Å². The lowest BCUT2D eigenvalue weighted by atomic mass is 10.0. The molecule has 2 rings (SSSR count). The van der Waals surface area contributed by atoms with E-state index in [4.69, 9.17) is 4.74 Å². The Hall–Kier alpha value is -1.02. The van der Waals surface area contributed by atoms with Crippen LogP contribution < -0.4 is 10.1 Å². The molecule has 0 aliphatic carbocycles. The molecule has 0 aromatic heterocycles. The van der Waals surface area contributed by atoms with Gasteiger partial charge in [-0.1, -0.05) is 26.0 Å². The molecule has 1 aromatic rings. The topological polar surface area (TPSA) is 21.3 Å². The standard InChI is InChI=1S/C14H21NO/c1-11(2)12-5-7-13(8-6-12)16-14-4-3-9-15-10-14/h5-8,11,14-15H,3-4,9-10H2,1-2H3/t14-/m1/s1. The van der Waals surface area contributed by atoms with Crippen LogP contribution in [-0.4, -0.2) is 19.2 Å². The Balaban J connectivity index is 1.93. The predicted molar refractivity (Wildman–Crippen MR) is 67.1 cm³/mol. The van der Waals surface area contributed by atoms with Gasteiger partial charge in [0, 0.05) is 6.54 Å². The molecule has 1 atom stereocenters. The van der Waals surface area contributed by atoms with Crippen molar-refractivity contribution < 1.29 is 4.74 Å². The summed E-state index contributed by atoms with van der Waals surface area (Å²) in [7, 11) is 0. The fourth-order valence-electron chi connectivity index (χ4n) is 2.04. The van der Waals surface area contributed by atoms with Gasteiger partial charge in [-0.05, 0) is 43.0 Å². The van der Waals surface area contributed by atoms with Gasteiger partial charge in [0.15, 0.2) is 0 Å². The third-order valence-corrected chi connectivity index (χ3v) is 3.10. The van der Waals surface area contributed by atoms with Crippen LogP contribution in [0.4, 0.5) is 0 Å². The van der Waals surface area contributed by atoms with Gasteiger partial charge in [0.2, 0.25) is 0 Å². The lowest BCUT2D eigenvalue weighted by molar-refractivity contribution is 0.167. The third kappa shape index (κ3) is 2.99. The molecule has 1 heterocycles. The van der Waals surface area contributed by atoms with E-state index in [-0.39, 0.29) is 0 Å². The van der Waals surface area contributed by atoms with Gasteiger partial charge >= 0.3 is 0 Å². The maximum absolute atomic E-state index is 5.93. The van der Waals surface area contributed by atoms with Gasteiger partial charge in [0.25, 0.3) is 0 Å². The van der Waals surface area contributed by atoms with Crippen LogP contribution in [0.5, 0.6) is 5.75 Å². The van der Waals surface area contributed by atoms with Gasteiger partial charge in [-0.3, -0.25) is 0 Å². The molecule has 88 valence electrons. The fourth-order valence-corrected chi connectivity index (χ4v) is 2.04. The van der Waals surface area contributed by atoms with Crippen LogP contribution in [-0.2, 0) is 0 Å². The molecular formula is C14H21NO. The second-order valence-corrected chi connectivity index (χ2v) is 4.81. The molecule has 1 aliphatic rings. The first-order valence-corrected chi connectivity index (χ1v) is 6.23. The molecule has 2 heteroatoms. The molecule has 1 fully saturated rings. The summed E-state index contributed by atoms with van der Waals surface area (Å²) in [5.41, 5.74) is 1.37. The van der Waals surface area contributed by atoms with E-state index in [9.17, 15) is 0 Å². The Labute approximate surface area is 98.0 Å². The monoisotopic (exact) mass is 219 g/mol. The van der Waals surface area contributed by atoms with Crippen molar-refractivity contribution in [3.8, 4) is 5.75 Å². The number of ether oxygens (including phenoxy) is 1. The van der Waals surface area contributed by atoms with Gasteiger partial charge < -0.3 is 10.1 Å². The Bertz CT molecular complexity index is 312. The quantitative estimate of drug-likeness (QED) is 0.844. The van der Waals surface area contributed by atoms with Crippen LogP contribution in [0.3, 0.4) is 0 Å². The second kappa shape index (κ2) is 5.35. The summed E-state index contributed by atoms with van der Waals surface area (Å²) in [6, 6.07) is 8.50. The van der Waals surface area contributed by atoms with Crippen molar-refractivity contribution in [3.63, 3.8) is 0 Å². The molecule has 1 saturated heterocycles. The average Bonchev–Trinajstić information content (AvgIpc) is 2.31. The van der Waals surface area contributed by atoms with E-state index in [2.05, 4.69) is 43.4 Å². The van der Waals surface area contributed by atoms with Crippen molar-refractivity contribution in [2.24, 2.45) is 0 Å². The predicted octanol–water partition coefficient (Wildman–Crippen LogP) is 2.94. The number of hydrogen-bond acceptors (Lipinski definition) is 2. The molecular weight excluding hydrogens is 198 g/mol. The molecule has 0 bridgehead atoms. The second-order valence-electron chi connectivity index (χ2n) is 4.81. The largest absolute Gasteiger partial charge is 0.489 e. The van der Waals surface area contributed by atoms with Gasteiger partial charge in [0.05, 0.1) is 0 Å². The van der Waals surface area contributed by atoms with Gasteiger partial charge in [-0.25, -0.2) is 0 Å². The summed E-state index contributed by atoms with van der Waals surface area (Å²) in [6.07, 6.45) is 2.73. The Morgan fingerprint density at radius 1 is 1.25 bits per heavy atom. The van der Waals surface area contributed by atoms with Gasteiger partial charge in [0.1, 0.15) is 11.9 Å². The van der Waals surface area contributed by atoms with Crippen LogP contribution in [0, 0.1) is 0 Å². The summed E-state index contributed by atoms with van der Waals surface area (Å²) >= 11 is 0. The zero-order valence-corrected chi connectivity index (χ0v) is 10.2. The molecule has 0 radical (unpaired) electrons. The van der Waals surface area contributed by atoms with Crippen molar-refractivity contribution in [1.29, 1.82) is 0 Å². The zero-order chi connectivity index (χ0) is 11.4. The maximum Gasteiger partial charge on any atom is 0.119 e. The van der Waals surface area contributed by atoms with E-state index in [0.717, 1.165) is 18.8 Å². The molecule has 1 N–H and O–H groups in total. The van der Waals surface area contributed by atoms with E-state index < -0.39 is 0 Å². The maximum atomic E-state index is 5.93. The van der Waals surface area contributed by atoms with E-state index in [1.807, 2.05) is 0 Å². The molecule has 0 unspecified atom stereocenters. The lowest BCUT2D eigenvalue weighted by Gasteiger charge is -2.24. The van der Waals surface area contributed by atoms with Crippen LogP contribution >= 0.6 is 0 Å². The van der Waals surface area contributed by atoms with Gasteiger partial charge in [-0.15, -0.1) is 0 Å². The minimum atomic E-state index is 0.346. The molecule has 16 heavy (non-hydrogen) atoms. The third-order valence-electron chi connectivity index (χ3n) is 3.10. The highest BCUT2D eigenvalue weighted by Crippen LogP contribution is 2.20. The number of piperidine rings is 1. The number of hydrogen-bond donors (Lipinski definition) is 1. The molecule has 0 amide bonds. The first-order valence-electron chi connectivity index (χ1n) is 6.23. The minimum Gasteiger partial charge on any atom is -0.489 e. The van der Waals surface area contributed by atoms with Crippen LogP contribution in [0.2, 0.25) is 0 Å². The van der Waals surface area contributed by atoms with Crippen molar-refractivity contribution in [2.45, 2.75) is 38.7 Å². The van der Waals surface area contributed by atoms with Crippen LogP contribution in [0.15, 0.2) is 24.3 Å². The Morgan fingerprint density at radius 2 is 2.00 bits per heavy atom. The van der Waals surface area contributed by atoms with Crippen molar-refractivity contribution in [1.82, 2.24) is 5.32 Å². The molecule has 0 saturated carbocycles. The Morgan fingerprint density at radius 3 is 2.56 bits per heavy atom. The van der Waals surface area contributed by atoms with Gasteiger partial charge in [-0.2, -0.15) is 0 Å². The fraction of sp³-hybridized carbons (Fsp3) is 0.571. The minimum absolute atomic E-state index is 0.346. The summed E-state index contributed by atoms with van der Waals surface area (Å²) in [4.78, 5) is 0. The highest BCUT2D eigenvalue weighted by atomic mass is 16.5. The van der Waals surface area contributed by atoms with E-state index in [1.165, 1.54) is 18.4 Å². The number of rotatable bonds is 3. The summed E-state index contributed by atoms with van der Waals surface area (Å²) in [6.45, 7) is 6.53. The number of benzene rings is 1. The summed E-state index contributed by atoms with van der Waals surface area (Å²) in [5.74, 6) is 1.59. The Kier molecular flexibility index (Phi) is 3.83. The zero-order valence-electron chi connectivity index (χ0n) is 10.2. The molecule has 1 aliphatic heterocycles. The summed E-state index contributed by atoms with van der Waals surface area (Å²) in [5, 5.41) is 3.36. The van der Waals surface area contributed by atoms with Crippen LogP contribution in [0.1, 0.15) is 38.2 Å². The normalized spacial score (nSPS) is 21.1. The molecule has 1 aromatic carbocycles. The highest BCUT2D eigenvalue weighted by molar-refractivity contribution is 5.29. The van der Waals surface area contributed by atoms with Crippen molar-refractivity contribution in [3.05, 3.63) is 29.8 Å². The molecule has 0 spiro atoms. The average molecular weight is 219 g/mol. The molecule has 2 nitrogen and oxygen atoms in total. The first-order chi connectivity index (χ1) is 7.75. The smallest absolute Gasteiger partial charge is 0.119 e. The summed E-state index contributed by atoms with van der Waals surface area (Å²) < 4.78 is 5.93. The van der Waals surface area contributed by atoms with E-state index in [1.54, 1.807) is 0 Å². The van der Waals surface area contributed by atoms with E-state index in [0.29, 0.717) is 12.0 Å². The lowest BCUT2D eigenvalue weighted by Crippen LogP contribution is -2.37. The van der Waals surface area contributed by atoms with Crippen molar-refractivity contribution in [2.75, 3.05) is 13.1 Å². The van der Waals surface area contributed by atoms with E-state index >= 15 is 0 Å². The number of nitrogens with one attached hydrogen (secondary N) is 1. The SMILES string of the molecule is CC(C)c1ccc(O[C@@H]2CCCNC2)cc1. The van der Waals surface area contributed by atoms with Crippen LogP contribution in [0.25, 0.3) is 0 Å². The first kappa shape index (κ1) is 11.5. The highest BCUT2D eigenvalue weighted by Gasteiger charge is 2.14.